The number of ether oxygens (including phenoxy) is 2. The quantitative estimate of drug-likeness (QED) is 0.858. The molecule has 1 saturated heterocycles. The number of anilines is 1. The molecular formula is C18H24N2O4. The first-order chi connectivity index (χ1) is 11.4. The normalized spacial score (nSPS) is 23.1. The van der Waals surface area contributed by atoms with Gasteiger partial charge >= 0.3 is 0 Å². The summed E-state index contributed by atoms with van der Waals surface area (Å²) in [4.78, 5) is 26.5. The molecule has 1 N–H and O–H groups in total. The molecule has 0 spiro atoms. The Bertz CT molecular complexity index is 649. The highest BCUT2D eigenvalue weighted by Crippen LogP contribution is 2.37. The van der Waals surface area contributed by atoms with E-state index in [-0.39, 0.29) is 18.5 Å². The number of rotatable bonds is 4. The van der Waals surface area contributed by atoms with Crippen molar-refractivity contribution in [1.29, 1.82) is 0 Å². The zero-order chi connectivity index (χ0) is 17.3. The van der Waals surface area contributed by atoms with Gasteiger partial charge in [-0.1, -0.05) is 13.8 Å². The molecule has 0 saturated carbocycles. The van der Waals surface area contributed by atoms with Gasteiger partial charge in [0.25, 0.3) is 0 Å². The van der Waals surface area contributed by atoms with Gasteiger partial charge in [-0.15, -0.1) is 0 Å². The Labute approximate surface area is 142 Å². The molecule has 1 aromatic rings. The molecule has 1 amide bonds. The predicted molar refractivity (Wildman–Crippen MR) is 90.6 cm³/mol. The Morgan fingerprint density at radius 1 is 1.17 bits per heavy atom. The van der Waals surface area contributed by atoms with E-state index in [4.69, 9.17) is 9.47 Å². The molecule has 24 heavy (non-hydrogen) atoms. The third-order valence-electron chi connectivity index (χ3n) is 4.48. The fourth-order valence-corrected chi connectivity index (χ4v) is 3.65. The highest BCUT2D eigenvalue weighted by Gasteiger charge is 2.24. The largest absolute Gasteiger partial charge is 0.454 e. The molecular weight excluding hydrogens is 308 g/mol. The van der Waals surface area contributed by atoms with E-state index in [1.807, 2.05) is 0 Å². The van der Waals surface area contributed by atoms with E-state index in [0.717, 1.165) is 13.1 Å². The van der Waals surface area contributed by atoms with Gasteiger partial charge in [0.05, 0.1) is 12.2 Å². The van der Waals surface area contributed by atoms with Crippen LogP contribution >= 0.6 is 0 Å². The molecule has 130 valence electrons. The first-order valence-electron chi connectivity index (χ1n) is 8.39. The van der Waals surface area contributed by atoms with Crippen LogP contribution in [0.15, 0.2) is 12.1 Å². The Morgan fingerprint density at radius 3 is 2.42 bits per heavy atom. The van der Waals surface area contributed by atoms with Crippen molar-refractivity contribution < 1.29 is 19.1 Å². The standard InChI is InChI=1S/C18H24N2O4/c1-11-4-12(2)8-20(7-11)9-18(22)19-15-6-17-16(23-10-24-17)5-14(15)13(3)21/h5-6,11-12H,4,7-10H2,1-3H3,(H,19,22)/t11-,12+. The molecule has 1 aromatic carbocycles. The molecule has 2 heterocycles. The van der Waals surface area contributed by atoms with Crippen LogP contribution in [-0.2, 0) is 4.79 Å². The first kappa shape index (κ1) is 16.8. The average Bonchev–Trinajstić information content (AvgIpc) is 2.92. The maximum Gasteiger partial charge on any atom is 0.238 e. The molecule has 2 aliphatic rings. The number of ketones is 1. The fraction of sp³-hybridized carbons (Fsp3) is 0.556. The predicted octanol–water partition coefficient (Wildman–Crippen LogP) is 2.53. The third-order valence-corrected chi connectivity index (χ3v) is 4.48. The zero-order valence-corrected chi connectivity index (χ0v) is 14.4. The van der Waals surface area contributed by atoms with E-state index in [9.17, 15) is 9.59 Å². The minimum atomic E-state index is -0.121. The van der Waals surface area contributed by atoms with Crippen molar-refractivity contribution in [2.75, 3.05) is 31.7 Å². The number of nitrogens with zero attached hydrogens (tertiary/aromatic N) is 1. The number of carbonyl (C=O) groups excluding carboxylic acids is 2. The van der Waals surface area contributed by atoms with Crippen LogP contribution in [0.3, 0.4) is 0 Å². The first-order valence-corrected chi connectivity index (χ1v) is 8.39. The summed E-state index contributed by atoms with van der Waals surface area (Å²) in [6.45, 7) is 8.23. The van der Waals surface area contributed by atoms with Gasteiger partial charge in [0.1, 0.15) is 0 Å². The summed E-state index contributed by atoms with van der Waals surface area (Å²) >= 11 is 0. The van der Waals surface area contributed by atoms with Gasteiger partial charge in [-0.3, -0.25) is 14.5 Å². The summed E-state index contributed by atoms with van der Waals surface area (Å²) in [5, 5.41) is 2.86. The summed E-state index contributed by atoms with van der Waals surface area (Å²) in [5.41, 5.74) is 0.919. The van der Waals surface area contributed by atoms with E-state index in [0.29, 0.717) is 41.1 Å². The van der Waals surface area contributed by atoms with Crippen molar-refractivity contribution in [3.8, 4) is 11.5 Å². The van der Waals surface area contributed by atoms with Gasteiger partial charge in [-0.2, -0.15) is 0 Å². The summed E-state index contributed by atoms with van der Waals surface area (Å²) in [6, 6.07) is 3.30. The smallest absolute Gasteiger partial charge is 0.238 e. The molecule has 0 aromatic heterocycles. The second-order valence-electron chi connectivity index (χ2n) is 7.00. The van der Waals surface area contributed by atoms with E-state index in [1.54, 1.807) is 12.1 Å². The van der Waals surface area contributed by atoms with Crippen molar-refractivity contribution in [1.82, 2.24) is 4.90 Å². The summed E-state index contributed by atoms with van der Waals surface area (Å²) in [7, 11) is 0. The number of hydrogen-bond acceptors (Lipinski definition) is 5. The van der Waals surface area contributed by atoms with Crippen LogP contribution in [-0.4, -0.2) is 43.0 Å². The number of benzene rings is 1. The van der Waals surface area contributed by atoms with Crippen molar-refractivity contribution in [3.05, 3.63) is 17.7 Å². The maximum atomic E-state index is 12.4. The highest BCUT2D eigenvalue weighted by molar-refractivity contribution is 6.05. The average molecular weight is 332 g/mol. The monoisotopic (exact) mass is 332 g/mol. The summed E-state index contributed by atoms with van der Waals surface area (Å²) in [6.07, 6.45) is 1.20. The zero-order valence-electron chi connectivity index (χ0n) is 14.4. The number of carbonyl (C=O) groups is 2. The lowest BCUT2D eigenvalue weighted by atomic mass is 9.92. The molecule has 0 bridgehead atoms. The Hall–Kier alpha value is -2.08. The van der Waals surface area contributed by atoms with E-state index in [1.165, 1.54) is 13.3 Å². The molecule has 0 unspecified atom stereocenters. The summed E-state index contributed by atoms with van der Waals surface area (Å²) < 4.78 is 10.6. The highest BCUT2D eigenvalue weighted by atomic mass is 16.7. The summed E-state index contributed by atoms with van der Waals surface area (Å²) in [5.74, 6) is 2.05. The van der Waals surface area contributed by atoms with Crippen LogP contribution in [0, 0.1) is 11.8 Å². The number of likely N-dealkylation sites (tertiary alicyclic amines) is 1. The van der Waals surface area contributed by atoms with E-state index in [2.05, 4.69) is 24.1 Å². The molecule has 3 rings (SSSR count). The van der Waals surface area contributed by atoms with Crippen molar-refractivity contribution in [2.24, 2.45) is 11.8 Å². The topological polar surface area (TPSA) is 67.9 Å². The fourth-order valence-electron chi connectivity index (χ4n) is 3.65. The van der Waals surface area contributed by atoms with Crippen LogP contribution in [0.2, 0.25) is 0 Å². The lowest BCUT2D eigenvalue weighted by molar-refractivity contribution is -0.117. The van der Waals surface area contributed by atoms with Gasteiger partial charge < -0.3 is 14.8 Å². The van der Waals surface area contributed by atoms with Crippen molar-refractivity contribution in [2.45, 2.75) is 27.2 Å². The Balaban J connectivity index is 1.71. The SMILES string of the molecule is CC(=O)c1cc2c(cc1NC(=O)CN1C[C@H](C)C[C@H](C)C1)OCO2. The number of Topliss-reactive ketones (excluding diaryl/α,β-unsaturated/α-hetero) is 1. The number of hydrogen-bond donors (Lipinski definition) is 1. The Morgan fingerprint density at radius 2 is 1.79 bits per heavy atom. The number of fused-ring (bicyclic) bond motifs is 1. The van der Waals surface area contributed by atoms with E-state index >= 15 is 0 Å². The van der Waals surface area contributed by atoms with Crippen LogP contribution in [0.5, 0.6) is 11.5 Å². The molecule has 6 heteroatoms. The van der Waals surface area contributed by atoms with Crippen LogP contribution in [0.1, 0.15) is 37.6 Å². The van der Waals surface area contributed by atoms with Gasteiger partial charge in [0.15, 0.2) is 17.3 Å². The number of amides is 1. The molecule has 2 aliphatic heterocycles. The minimum Gasteiger partial charge on any atom is -0.454 e. The van der Waals surface area contributed by atoms with Gasteiger partial charge in [0, 0.05) is 24.7 Å². The number of nitrogens with one attached hydrogen (secondary N) is 1. The van der Waals surface area contributed by atoms with Crippen LogP contribution in [0.25, 0.3) is 0 Å². The molecule has 0 radical (unpaired) electrons. The van der Waals surface area contributed by atoms with Gasteiger partial charge in [-0.05, 0) is 31.2 Å². The second-order valence-corrected chi connectivity index (χ2v) is 7.00. The third kappa shape index (κ3) is 3.70. The Kier molecular flexibility index (Phi) is 4.76. The van der Waals surface area contributed by atoms with Crippen molar-refractivity contribution in [3.63, 3.8) is 0 Å². The maximum absolute atomic E-state index is 12.4. The van der Waals surface area contributed by atoms with Crippen LogP contribution < -0.4 is 14.8 Å². The van der Waals surface area contributed by atoms with Gasteiger partial charge in [-0.25, -0.2) is 0 Å². The van der Waals surface area contributed by atoms with Crippen LogP contribution in [0.4, 0.5) is 5.69 Å². The second kappa shape index (κ2) is 6.81. The van der Waals surface area contributed by atoms with Gasteiger partial charge in [0.2, 0.25) is 12.7 Å². The lowest BCUT2D eigenvalue weighted by Gasteiger charge is -2.34. The van der Waals surface area contributed by atoms with E-state index < -0.39 is 0 Å². The lowest BCUT2D eigenvalue weighted by Crippen LogP contribution is -2.42. The number of piperidine rings is 1. The van der Waals surface area contributed by atoms with Crippen molar-refractivity contribution >= 4 is 17.4 Å². The molecule has 6 nitrogen and oxygen atoms in total. The molecule has 1 fully saturated rings. The minimum absolute atomic E-state index is 0.113. The molecule has 0 aliphatic carbocycles. The molecule has 2 atom stereocenters.